The van der Waals surface area contributed by atoms with Crippen LogP contribution in [0.2, 0.25) is 5.02 Å². The molecule has 2 fully saturated rings. The van der Waals surface area contributed by atoms with E-state index in [1.54, 1.807) is 24.3 Å². The maximum absolute atomic E-state index is 13.7. The molecular formula is C29H28Cl2F5NO. The number of rotatable bonds is 4. The predicted molar refractivity (Wildman–Crippen MR) is 140 cm³/mol. The number of benzene rings is 3. The Morgan fingerprint density at radius 3 is 1.79 bits per heavy atom. The number of aliphatic hydroxyl groups is 1. The molecule has 1 unspecified atom stereocenters. The van der Waals surface area contributed by atoms with Gasteiger partial charge in [0.05, 0.1) is 16.2 Å². The number of piperidine rings is 1. The van der Waals surface area contributed by atoms with Crippen LogP contribution in [0.15, 0.2) is 66.7 Å². The van der Waals surface area contributed by atoms with Crippen LogP contribution in [0.4, 0.5) is 22.0 Å². The maximum Gasteiger partial charge on any atom is 0.417 e. The van der Waals surface area contributed by atoms with Gasteiger partial charge >= 0.3 is 6.18 Å². The van der Waals surface area contributed by atoms with Crippen molar-refractivity contribution in [1.29, 1.82) is 0 Å². The Kier molecular flexibility index (Phi) is 8.16. The molecule has 2 nitrogen and oxygen atoms in total. The summed E-state index contributed by atoms with van der Waals surface area (Å²) in [6.45, 7) is 1.04. The van der Waals surface area contributed by atoms with Crippen LogP contribution < -0.4 is 0 Å². The average molecular weight is 572 g/mol. The molecule has 0 amide bonds. The van der Waals surface area contributed by atoms with Crippen molar-refractivity contribution in [3.63, 3.8) is 0 Å². The minimum Gasteiger partial charge on any atom is -0.385 e. The van der Waals surface area contributed by atoms with E-state index in [4.69, 9.17) is 11.6 Å². The van der Waals surface area contributed by atoms with Gasteiger partial charge in [0.15, 0.2) is 0 Å². The number of nitrogens with zero attached hydrogens (tertiary/aromatic N) is 1. The predicted octanol–water partition coefficient (Wildman–Crippen LogP) is 7.88. The number of halogens is 7. The van der Waals surface area contributed by atoms with Crippen molar-refractivity contribution in [2.24, 2.45) is 0 Å². The molecule has 9 heteroatoms. The second kappa shape index (κ2) is 10.8. The highest BCUT2D eigenvalue weighted by molar-refractivity contribution is 6.31. The molecule has 3 aromatic rings. The molecule has 0 aromatic heterocycles. The van der Waals surface area contributed by atoms with E-state index in [9.17, 15) is 27.1 Å². The lowest BCUT2D eigenvalue weighted by atomic mass is 9.73. The summed E-state index contributed by atoms with van der Waals surface area (Å²) in [5, 5.41) is 10.9. The van der Waals surface area contributed by atoms with Crippen molar-refractivity contribution in [2.45, 2.75) is 55.3 Å². The molecular weight excluding hydrogens is 544 g/mol. The Morgan fingerprint density at radius 2 is 1.29 bits per heavy atom. The highest BCUT2D eigenvalue weighted by Crippen LogP contribution is 2.49. The van der Waals surface area contributed by atoms with E-state index in [-0.39, 0.29) is 40.7 Å². The quantitative estimate of drug-likeness (QED) is 0.322. The van der Waals surface area contributed by atoms with Gasteiger partial charge in [-0.15, -0.1) is 12.4 Å². The van der Waals surface area contributed by atoms with Crippen LogP contribution in [0.25, 0.3) is 0 Å². The van der Waals surface area contributed by atoms with Crippen molar-refractivity contribution in [3.8, 4) is 0 Å². The second-order valence-corrected chi connectivity index (χ2v) is 10.7. The Hall–Kier alpha value is -2.19. The lowest BCUT2D eigenvalue weighted by molar-refractivity contribution is -0.137. The van der Waals surface area contributed by atoms with E-state index in [1.807, 2.05) is 0 Å². The summed E-state index contributed by atoms with van der Waals surface area (Å²) in [4.78, 5) is 2.28. The van der Waals surface area contributed by atoms with Gasteiger partial charge in [-0.3, -0.25) is 0 Å². The van der Waals surface area contributed by atoms with Gasteiger partial charge in [0.1, 0.15) is 11.6 Å². The van der Waals surface area contributed by atoms with E-state index < -0.39 is 22.8 Å². The van der Waals surface area contributed by atoms with Crippen LogP contribution in [-0.4, -0.2) is 29.1 Å². The van der Waals surface area contributed by atoms with Crippen molar-refractivity contribution < 1.29 is 27.1 Å². The zero-order valence-electron chi connectivity index (χ0n) is 20.4. The second-order valence-electron chi connectivity index (χ2n) is 10.3. The summed E-state index contributed by atoms with van der Waals surface area (Å²) in [5.74, 6) is -0.641. The third-order valence-corrected chi connectivity index (χ3v) is 8.56. The Labute approximate surface area is 229 Å². The van der Waals surface area contributed by atoms with Crippen LogP contribution >= 0.6 is 24.0 Å². The Balaban J connectivity index is 0.00000336. The first-order valence-corrected chi connectivity index (χ1v) is 12.7. The molecule has 1 aliphatic heterocycles. The molecule has 5 rings (SSSR count). The molecule has 0 radical (unpaired) electrons. The monoisotopic (exact) mass is 571 g/mol. The zero-order chi connectivity index (χ0) is 26.4. The molecule has 3 aromatic carbocycles. The van der Waals surface area contributed by atoms with Crippen molar-refractivity contribution in [2.75, 3.05) is 13.1 Å². The van der Waals surface area contributed by atoms with Gasteiger partial charge in [0.2, 0.25) is 0 Å². The molecule has 0 bridgehead atoms. The number of alkyl halides is 3. The fourth-order valence-electron chi connectivity index (χ4n) is 6.14. The molecule has 1 saturated heterocycles. The third kappa shape index (κ3) is 5.44. The van der Waals surface area contributed by atoms with E-state index in [0.29, 0.717) is 25.9 Å². The van der Waals surface area contributed by atoms with Crippen LogP contribution in [0.1, 0.15) is 54.4 Å². The smallest absolute Gasteiger partial charge is 0.385 e. The molecule has 1 saturated carbocycles. The van der Waals surface area contributed by atoms with E-state index in [1.165, 1.54) is 36.4 Å². The number of likely N-dealkylation sites (tertiary alicyclic amines) is 1. The molecule has 1 aliphatic carbocycles. The van der Waals surface area contributed by atoms with Crippen LogP contribution in [0, 0.1) is 11.6 Å². The van der Waals surface area contributed by atoms with Gasteiger partial charge in [-0.2, -0.15) is 13.2 Å². The van der Waals surface area contributed by atoms with Gasteiger partial charge in [-0.25, -0.2) is 8.78 Å². The Bertz CT molecular complexity index is 1210. The summed E-state index contributed by atoms with van der Waals surface area (Å²) in [7, 11) is 0. The minimum absolute atomic E-state index is 0. The fraction of sp³-hybridized carbons (Fsp3) is 0.379. The van der Waals surface area contributed by atoms with E-state index >= 15 is 0 Å². The first-order valence-electron chi connectivity index (χ1n) is 12.4. The van der Waals surface area contributed by atoms with Gasteiger partial charge in [-0.05, 0) is 85.2 Å². The third-order valence-electron chi connectivity index (χ3n) is 8.23. The molecule has 1 N–H and O–H groups in total. The van der Waals surface area contributed by atoms with E-state index in [2.05, 4.69) is 4.90 Å². The molecule has 1 atom stereocenters. The summed E-state index contributed by atoms with van der Waals surface area (Å²) in [6.07, 6.45) is -1.63. The first-order chi connectivity index (χ1) is 17.5. The SMILES string of the molecule is Cl.OC1(c2ccc(Cl)c(C(F)(F)F)c2)CCN(C2CCC(c3ccc(F)cc3)(c3ccc(F)cc3)C2)CC1. The molecule has 204 valence electrons. The van der Waals surface area contributed by atoms with Crippen molar-refractivity contribution in [1.82, 2.24) is 4.90 Å². The van der Waals surface area contributed by atoms with E-state index in [0.717, 1.165) is 36.5 Å². The van der Waals surface area contributed by atoms with Gasteiger partial charge < -0.3 is 10.0 Å². The highest BCUT2D eigenvalue weighted by atomic mass is 35.5. The van der Waals surface area contributed by atoms with Gasteiger partial charge in [0.25, 0.3) is 0 Å². The summed E-state index contributed by atoms with van der Waals surface area (Å²) >= 11 is 5.77. The summed E-state index contributed by atoms with van der Waals surface area (Å²) in [6, 6.07) is 16.7. The van der Waals surface area contributed by atoms with Crippen LogP contribution in [-0.2, 0) is 17.2 Å². The standard InChI is InChI=1S/C29H27ClF5NO.ClH/c30-26-10-5-21(17-25(26)29(33,34)35)28(37)13-15-36(16-14-28)24-11-12-27(18-24,19-1-6-22(31)7-2-19)20-3-8-23(32)9-4-20;/h1-10,17,24,37H,11-16,18H2;1H. The van der Waals surface area contributed by atoms with Crippen LogP contribution in [0.3, 0.4) is 0 Å². The number of hydrogen-bond donors (Lipinski definition) is 1. The molecule has 1 heterocycles. The minimum atomic E-state index is -4.60. The largest absolute Gasteiger partial charge is 0.417 e. The fourth-order valence-corrected chi connectivity index (χ4v) is 6.36. The zero-order valence-corrected chi connectivity index (χ0v) is 22.0. The molecule has 0 spiro atoms. The highest BCUT2D eigenvalue weighted by Gasteiger charge is 2.46. The normalized spacial score (nSPS) is 21.2. The first kappa shape index (κ1) is 28.8. The van der Waals surface area contributed by atoms with Gasteiger partial charge in [0, 0.05) is 24.5 Å². The average Bonchev–Trinajstić information content (AvgIpc) is 3.31. The van der Waals surface area contributed by atoms with Crippen molar-refractivity contribution >= 4 is 24.0 Å². The van der Waals surface area contributed by atoms with Gasteiger partial charge in [-0.1, -0.05) is 41.9 Å². The van der Waals surface area contributed by atoms with Crippen LogP contribution in [0.5, 0.6) is 0 Å². The lowest BCUT2D eigenvalue weighted by Crippen LogP contribution is -2.46. The maximum atomic E-state index is 13.7. The Morgan fingerprint density at radius 1 is 0.789 bits per heavy atom. The summed E-state index contributed by atoms with van der Waals surface area (Å²) < 4.78 is 67.5. The summed E-state index contributed by atoms with van der Waals surface area (Å²) in [5.41, 5.74) is -0.554. The topological polar surface area (TPSA) is 23.5 Å². The number of hydrogen-bond acceptors (Lipinski definition) is 2. The molecule has 2 aliphatic rings. The lowest BCUT2D eigenvalue weighted by Gasteiger charge is -2.42. The molecule has 38 heavy (non-hydrogen) atoms. The van der Waals surface area contributed by atoms with Crippen molar-refractivity contribution in [3.05, 3.63) is 106 Å².